The molecule has 3 aromatic rings. The molecule has 6 nitrogen and oxygen atoms in total. The second-order valence-electron chi connectivity index (χ2n) is 7.91. The van der Waals surface area contributed by atoms with E-state index in [4.69, 9.17) is 0 Å². The third-order valence-corrected chi connectivity index (χ3v) is 6.19. The molecule has 28 heavy (non-hydrogen) atoms. The van der Waals surface area contributed by atoms with E-state index in [1.54, 1.807) is 6.33 Å². The summed E-state index contributed by atoms with van der Waals surface area (Å²) in [6, 6.07) is 10.5. The number of hydrogen-bond acceptors (Lipinski definition) is 4. The monoisotopic (exact) mass is 375 g/mol. The van der Waals surface area contributed by atoms with Crippen molar-refractivity contribution < 1.29 is 4.79 Å². The van der Waals surface area contributed by atoms with E-state index in [-0.39, 0.29) is 0 Å². The third-order valence-electron chi connectivity index (χ3n) is 6.19. The maximum atomic E-state index is 12.9. The minimum Gasteiger partial charge on any atom is -0.356 e. The average molecular weight is 375 g/mol. The van der Waals surface area contributed by atoms with Crippen molar-refractivity contribution in [2.24, 2.45) is 5.92 Å². The van der Waals surface area contributed by atoms with Gasteiger partial charge in [0.15, 0.2) is 0 Å². The number of piperidine rings is 1. The van der Waals surface area contributed by atoms with Gasteiger partial charge in [-0.3, -0.25) is 4.79 Å². The van der Waals surface area contributed by atoms with E-state index in [9.17, 15) is 4.79 Å². The largest absolute Gasteiger partial charge is 0.356 e. The standard InChI is InChI=1S/C22H25N5O/c28-20(27-12-8-17-3-1-2-4-18(17)14-27)13-16-6-10-26(11-7-16)22-19-5-9-23-21(19)24-15-25-22/h1-5,9,15-16H,6-8,10-14H2,(H,23,24,25). The van der Waals surface area contributed by atoms with Gasteiger partial charge in [0.05, 0.1) is 5.39 Å². The van der Waals surface area contributed by atoms with Gasteiger partial charge in [0.2, 0.25) is 5.91 Å². The first-order valence-electron chi connectivity index (χ1n) is 10.2. The van der Waals surface area contributed by atoms with Crippen molar-refractivity contribution in [3.8, 4) is 0 Å². The minimum absolute atomic E-state index is 0.308. The van der Waals surface area contributed by atoms with E-state index in [1.165, 1.54) is 11.1 Å². The first kappa shape index (κ1) is 17.2. The van der Waals surface area contributed by atoms with Crippen LogP contribution in [0.2, 0.25) is 0 Å². The highest BCUT2D eigenvalue weighted by Crippen LogP contribution is 2.29. The van der Waals surface area contributed by atoms with Gasteiger partial charge in [0, 0.05) is 38.8 Å². The first-order chi connectivity index (χ1) is 13.8. The zero-order chi connectivity index (χ0) is 18.9. The van der Waals surface area contributed by atoms with Crippen LogP contribution in [0.4, 0.5) is 5.82 Å². The van der Waals surface area contributed by atoms with Gasteiger partial charge in [-0.25, -0.2) is 9.97 Å². The summed E-state index contributed by atoms with van der Waals surface area (Å²) in [6.45, 7) is 3.50. The molecule has 1 fully saturated rings. The molecular formula is C22H25N5O. The first-order valence-corrected chi connectivity index (χ1v) is 10.2. The van der Waals surface area contributed by atoms with Crippen molar-refractivity contribution >= 4 is 22.8 Å². The Balaban J connectivity index is 1.19. The molecule has 0 spiro atoms. The van der Waals surface area contributed by atoms with Crippen molar-refractivity contribution in [2.45, 2.75) is 32.2 Å². The van der Waals surface area contributed by atoms with Crippen LogP contribution in [0, 0.1) is 5.92 Å². The lowest BCUT2D eigenvalue weighted by atomic mass is 9.92. The number of aromatic nitrogens is 3. The summed E-state index contributed by atoms with van der Waals surface area (Å²) >= 11 is 0. The highest BCUT2D eigenvalue weighted by molar-refractivity contribution is 5.87. The Morgan fingerprint density at radius 3 is 2.75 bits per heavy atom. The Labute approximate surface area is 164 Å². The molecule has 6 heteroatoms. The van der Waals surface area contributed by atoms with Crippen molar-refractivity contribution in [1.82, 2.24) is 19.9 Å². The highest BCUT2D eigenvalue weighted by Gasteiger charge is 2.27. The van der Waals surface area contributed by atoms with E-state index in [2.05, 4.69) is 44.1 Å². The van der Waals surface area contributed by atoms with Crippen LogP contribution in [0.5, 0.6) is 0 Å². The van der Waals surface area contributed by atoms with E-state index in [1.807, 2.05) is 17.2 Å². The van der Waals surface area contributed by atoms with Crippen molar-refractivity contribution in [1.29, 1.82) is 0 Å². The van der Waals surface area contributed by atoms with Gasteiger partial charge >= 0.3 is 0 Å². The zero-order valence-electron chi connectivity index (χ0n) is 16.0. The Kier molecular flexibility index (Phi) is 4.47. The number of nitrogens with one attached hydrogen (secondary N) is 1. The molecule has 0 unspecified atom stereocenters. The fourth-order valence-electron chi connectivity index (χ4n) is 4.54. The smallest absolute Gasteiger partial charge is 0.223 e. The number of carbonyl (C=O) groups is 1. The van der Waals surface area contributed by atoms with E-state index < -0.39 is 0 Å². The number of rotatable bonds is 3. The average Bonchev–Trinajstić information content (AvgIpc) is 3.23. The van der Waals surface area contributed by atoms with Crippen LogP contribution in [0.3, 0.4) is 0 Å². The van der Waals surface area contributed by atoms with Crippen molar-refractivity contribution in [3.63, 3.8) is 0 Å². The number of benzene rings is 1. The second kappa shape index (κ2) is 7.26. The van der Waals surface area contributed by atoms with Gasteiger partial charge in [-0.15, -0.1) is 0 Å². The highest BCUT2D eigenvalue weighted by atomic mass is 16.2. The topological polar surface area (TPSA) is 65.1 Å². The fraction of sp³-hybridized carbons (Fsp3) is 0.409. The van der Waals surface area contributed by atoms with Crippen LogP contribution < -0.4 is 4.90 Å². The maximum absolute atomic E-state index is 12.9. The van der Waals surface area contributed by atoms with Gasteiger partial charge in [-0.1, -0.05) is 24.3 Å². The van der Waals surface area contributed by atoms with Gasteiger partial charge in [0.1, 0.15) is 17.8 Å². The zero-order valence-corrected chi connectivity index (χ0v) is 16.0. The van der Waals surface area contributed by atoms with Crippen LogP contribution in [0.25, 0.3) is 11.0 Å². The van der Waals surface area contributed by atoms with Crippen LogP contribution in [0.1, 0.15) is 30.4 Å². The number of aromatic amines is 1. The molecule has 0 bridgehead atoms. The van der Waals surface area contributed by atoms with Crippen molar-refractivity contribution in [3.05, 3.63) is 54.0 Å². The minimum atomic E-state index is 0.308. The van der Waals surface area contributed by atoms with Crippen molar-refractivity contribution in [2.75, 3.05) is 24.5 Å². The second-order valence-corrected chi connectivity index (χ2v) is 7.91. The normalized spacial score (nSPS) is 17.7. The molecule has 2 aliphatic heterocycles. The number of anilines is 1. The Morgan fingerprint density at radius 2 is 1.89 bits per heavy atom. The molecule has 1 N–H and O–H groups in total. The summed E-state index contributed by atoms with van der Waals surface area (Å²) in [5.74, 6) is 1.77. The molecular weight excluding hydrogens is 350 g/mol. The van der Waals surface area contributed by atoms with Gasteiger partial charge in [0.25, 0.3) is 0 Å². The summed E-state index contributed by atoms with van der Waals surface area (Å²) < 4.78 is 0. The SMILES string of the molecule is O=C(CC1CCN(c2ncnc3[nH]ccc23)CC1)N1CCc2ccccc2C1. The van der Waals surface area contributed by atoms with Crippen LogP contribution in [-0.4, -0.2) is 45.4 Å². The predicted octanol–water partition coefficient (Wildman–Crippen LogP) is 3.15. The predicted molar refractivity (Wildman–Crippen MR) is 109 cm³/mol. The molecule has 2 aromatic heterocycles. The Hall–Kier alpha value is -2.89. The lowest BCUT2D eigenvalue weighted by Gasteiger charge is -2.34. The number of nitrogens with zero attached hydrogens (tertiary/aromatic N) is 4. The molecule has 0 saturated carbocycles. The third kappa shape index (κ3) is 3.23. The lowest BCUT2D eigenvalue weighted by Crippen LogP contribution is -2.39. The molecule has 0 atom stereocenters. The van der Waals surface area contributed by atoms with E-state index >= 15 is 0 Å². The fourth-order valence-corrected chi connectivity index (χ4v) is 4.54. The summed E-state index contributed by atoms with van der Waals surface area (Å²) in [5, 5.41) is 1.07. The number of fused-ring (bicyclic) bond motifs is 2. The molecule has 0 radical (unpaired) electrons. The van der Waals surface area contributed by atoms with Crippen LogP contribution in [0.15, 0.2) is 42.9 Å². The Bertz CT molecular complexity index is 989. The number of amides is 1. The number of hydrogen-bond donors (Lipinski definition) is 1. The maximum Gasteiger partial charge on any atom is 0.223 e. The summed E-state index contributed by atoms with van der Waals surface area (Å²) in [4.78, 5) is 29.2. The molecule has 1 saturated heterocycles. The molecule has 144 valence electrons. The summed E-state index contributed by atoms with van der Waals surface area (Å²) in [7, 11) is 0. The molecule has 2 aliphatic rings. The van der Waals surface area contributed by atoms with Gasteiger partial charge in [-0.2, -0.15) is 0 Å². The van der Waals surface area contributed by atoms with Crippen LogP contribution >= 0.6 is 0 Å². The molecule has 1 amide bonds. The quantitative estimate of drug-likeness (QED) is 0.764. The van der Waals surface area contributed by atoms with E-state index in [0.29, 0.717) is 18.2 Å². The molecule has 5 rings (SSSR count). The summed E-state index contributed by atoms with van der Waals surface area (Å²) in [5.41, 5.74) is 3.57. The Morgan fingerprint density at radius 1 is 1.07 bits per heavy atom. The molecule has 4 heterocycles. The summed E-state index contributed by atoms with van der Waals surface area (Å²) in [6.07, 6.45) is 7.24. The van der Waals surface area contributed by atoms with Crippen LogP contribution in [-0.2, 0) is 17.8 Å². The number of H-pyrrole nitrogens is 1. The molecule has 0 aliphatic carbocycles. The number of carbonyl (C=O) groups excluding carboxylic acids is 1. The lowest BCUT2D eigenvalue weighted by molar-refractivity contribution is -0.133. The van der Waals surface area contributed by atoms with E-state index in [0.717, 1.165) is 62.3 Å². The van der Waals surface area contributed by atoms with Gasteiger partial charge in [-0.05, 0) is 42.4 Å². The molecule has 1 aromatic carbocycles. The van der Waals surface area contributed by atoms with Gasteiger partial charge < -0.3 is 14.8 Å².